The quantitative estimate of drug-likeness (QED) is 0.604. The molecule has 0 saturated heterocycles. The van der Waals surface area contributed by atoms with Gasteiger partial charge in [0.1, 0.15) is 0 Å². The molecule has 0 aliphatic carbocycles. The van der Waals surface area contributed by atoms with Crippen LogP contribution in [0.15, 0.2) is 33.3 Å². The monoisotopic (exact) mass is 358 g/mol. The van der Waals surface area contributed by atoms with Crippen molar-refractivity contribution in [2.24, 2.45) is 0 Å². The van der Waals surface area contributed by atoms with Crippen LogP contribution in [0.5, 0.6) is 0 Å². The van der Waals surface area contributed by atoms with Crippen molar-refractivity contribution >= 4 is 11.9 Å². The predicted octanol–water partition coefficient (Wildman–Crippen LogP) is 2.14. The van der Waals surface area contributed by atoms with Crippen molar-refractivity contribution in [2.75, 3.05) is 13.2 Å². The Hall–Kier alpha value is -3.56. The van der Waals surface area contributed by atoms with E-state index < -0.39 is 11.9 Å². The third-order valence-corrected chi connectivity index (χ3v) is 3.12. The highest BCUT2D eigenvalue weighted by molar-refractivity contribution is 5.86. The summed E-state index contributed by atoms with van der Waals surface area (Å²) in [5.41, 5.74) is 1.06. The number of rotatable bonds is 6. The summed E-state index contributed by atoms with van der Waals surface area (Å²) in [6.45, 7) is 3.77. The van der Waals surface area contributed by atoms with E-state index in [-0.39, 0.29) is 36.6 Å². The van der Waals surface area contributed by atoms with Crippen molar-refractivity contribution < 1.29 is 28.1 Å². The molecule has 0 atom stereocenters. The Labute approximate surface area is 147 Å². The summed E-state index contributed by atoms with van der Waals surface area (Å²) in [5.74, 6) is -1.44. The summed E-state index contributed by atoms with van der Waals surface area (Å²) in [5, 5.41) is 7.18. The largest absolute Gasteiger partial charge is 0.460 e. The summed E-state index contributed by atoms with van der Waals surface area (Å²) in [6.07, 6.45) is 0. The second-order valence-electron chi connectivity index (χ2n) is 4.87. The number of hydrogen-bond donors (Lipinski definition) is 0. The van der Waals surface area contributed by atoms with Crippen LogP contribution in [-0.2, 0) is 9.47 Å². The molecule has 0 N–H and O–H groups in total. The SMILES string of the molecule is CCOC(=O)c1noc(-c2cccc(-c3nc(C(=O)OCC)no3)c2)n1. The summed E-state index contributed by atoms with van der Waals surface area (Å²) >= 11 is 0. The molecule has 0 radical (unpaired) electrons. The summed E-state index contributed by atoms with van der Waals surface area (Å²) in [6, 6.07) is 6.75. The summed E-state index contributed by atoms with van der Waals surface area (Å²) < 4.78 is 19.8. The van der Waals surface area contributed by atoms with Gasteiger partial charge in [0.25, 0.3) is 23.4 Å². The van der Waals surface area contributed by atoms with Gasteiger partial charge in [-0.2, -0.15) is 9.97 Å². The zero-order valence-corrected chi connectivity index (χ0v) is 14.0. The fraction of sp³-hybridized carbons (Fsp3) is 0.250. The van der Waals surface area contributed by atoms with Crippen LogP contribution in [0.3, 0.4) is 0 Å². The first-order valence-corrected chi connectivity index (χ1v) is 7.74. The molecule has 10 heteroatoms. The molecule has 0 bridgehead atoms. The topological polar surface area (TPSA) is 130 Å². The van der Waals surface area contributed by atoms with Crippen molar-refractivity contribution in [3.05, 3.63) is 35.9 Å². The third-order valence-electron chi connectivity index (χ3n) is 3.12. The zero-order valence-electron chi connectivity index (χ0n) is 14.0. The Kier molecular flexibility index (Phi) is 5.02. The summed E-state index contributed by atoms with van der Waals surface area (Å²) in [7, 11) is 0. The minimum absolute atomic E-state index is 0.125. The lowest BCUT2D eigenvalue weighted by Crippen LogP contribution is -2.06. The maximum absolute atomic E-state index is 11.6. The number of nitrogens with zero attached hydrogens (tertiary/aromatic N) is 4. The van der Waals surface area contributed by atoms with E-state index in [2.05, 4.69) is 20.3 Å². The molecule has 0 amide bonds. The first-order chi connectivity index (χ1) is 12.6. The van der Waals surface area contributed by atoms with Gasteiger partial charge in [-0.3, -0.25) is 0 Å². The number of carbonyl (C=O) groups excluding carboxylic acids is 2. The smallest absolute Gasteiger partial charge is 0.379 e. The molecule has 0 unspecified atom stereocenters. The first-order valence-electron chi connectivity index (χ1n) is 7.74. The second kappa shape index (κ2) is 7.55. The van der Waals surface area contributed by atoms with Gasteiger partial charge >= 0.3 is 11.9 Å². The fourth-order valence-corrected chi connectivity index (χ4v) is 2.02. The van der Waals surface area contributed by atoms with Crippen molar-refractivity contribution in [1.82, 2.24) is 20.3 Å². The predicted molar refractivity (Wildman–Crippen MR) is 84.9 cm³/mol. The average molecular weight is 358 g/mol. The van der Waals surface area contributed by atoms with E-state index in [9.17, 15) is 9.59 Å². The zero-order chi connectivity index (χ0) is 18.5. The van der Waals surface area contributed by atoms with Crippen LogP contribution in [0, 0.1) is 0 Å². The van der Waals surface area contributed by atoms with Crippen molar-refractivity contribution in [3.63, 3.8) is 0 Å². The molecule has 0 aliphatic rings. The van der Waals surface area contributed by atoms with Gasteiger partial charge in [0.05, 0.1) is 13.2 Å². The highest BCUT2D eigenvalue weighted by Crippen LogP contribution is 2.24. The van der Waals surface area contributed by atoms with Crippen molar-refractivity contribution in [2.45, 2.75) is 13.8 Å². The van der Waals surface area contributed by atoms with Crippen LogP contribution in [-0.4, -0.2) is 45.4 Å². The van der Waals surface area contributed by atoms with Crippen LogP contribution < -0.4 is 0 Å². The lowest BCUT2D eigenvalue weighted by molar-refractivity contribution is 0.0499. The molecule has 2 aromatic heterocycles. The van der Waals surface area contributed by atoms with Crippen LogP contribution in [0.4, 0.5) is 0 Å². The molecule has 0 fully saturated rings. The number of aromatic nitrogens is 4. The Morgan fingerprint density at radius 3 is 1.77 bits per heavy atom. The van der Waals surface area contributed by atoms with E-state index >= 15 is 0 Å². The Bertz CT molecular complexity index is 861. The van der Waals surface area contributed by atoms with Crippen LogP contribution >= 0.6 is 0 Å². The fourth-order valence-electron chi connectivity index (χ4n) is 2.02. The van der Waals surface area contributed by atoms with Crippen LogP contribution in [0.1, 0.15) is 35.1 Å². The van der Waals surface area contributed by atoms with Gasteiger partial charge < -0.3 is 18.5 Å². The lowest BCUT2D eigenvalue weighted by Gasteiger charge is -1.97. The van der Waals surface area contributed by atoms with E-state index in [1.54, 1.807) is 38.1 Å². The third kappa shape index (κ3) is 3.58. The Morgan fingerprint density at radius 2 is 1.35 bits per heavy atom. The van der Waals surface area contributed by atoms with E-state index in [4.69, 9.17) is 18.5 Å². The normalized spacial score (nSPS) is 10.5. The molecule has 1 aromatic carbocycles. The van der Waals surface area contributed by atoms with E-state index in [1.807, 2.05) is 0 Å². The van der Waals surface area contributed by atoms with Crippen LogP contribution in [0.2, 0.25) is 0 Å². The molecule has 0 aliphatic heterocycles. The van der Waals surface area contributed by atoms with Crippen LogP contribution in [0.25, 0.3) is 22.9 Å². The second-order valence-corrected chi connectivity index (χ2v) is 4.87. The number of hydrogen-bond acceptors (Lipinski definition) is 10. The van der Waals surface area contributed by atoms with Gasteiger partial charge in [0, 0.05) is 11.1 Å². The maximum Gasteiger partial charge on any atom is 0.379 e. The molecule has 134 valence electrons. The van der Waals surface area contributed by atoms with E-state index in [1.165, 1.54) is 0 Å². The molecular formula is C16H14N4O6. The number of benzene rings is 1. The highest BCUT2D eigenvalue weighted by atomic mass is 16.5. The Morgan fingerprint density at radius 1 is 0.885 bits per heavy atom. The van der Waals surface area contributed by atoms with Crippen molar-refractivity contribution in [3.8, 4) is 22.9 Å². The highest BCUT2D eigenvalue weighted by Gasteiger charge is 2.19. The number of esters is 2. The molecule has 0 spiro atoms. The molecule has 26 heavy (non-hydrogen) atoms. The lowest BCUT2D eigenvalue weighted by atomic mass is 10.1. The molecule has 3 rings (SSSR count). The van der Waals surface area contributed by atoms with Gasteiger partial charge in [-0.1, -0.05) is 6.07 Å². The van der Waals surface area contributed by atoms with Gasteiger partial charge in [0.2, 0.25) is 0 Å². The first kappa shape index (κ1) is 17.3. The number of carbonyl (C=O) groups is 2. The molecule has 0 saturated carbocycles. The molecular weight excluding hydrogens is 344 g/mol. The van der Waals surface area contributed by atoms with Gasteiger partial charge in [-0.15, -0.1) is 0 Å². The number of ether oxygens (including phenoxy) is 2. The minimum atomic E-state index is -0.672. The maximum atomic E-state index is 11.6. The van der Waals surface area contributed by atoms with Gasteiger partial charge in [-0.25, -0.2) is 9.59 Å². The van der Waals surface area contributed by atoms with Gasteiger partial charge in [-0.05, 0) is 42.4 Å². The van der Waals surface area contributed by atoms with Gasteiger partial charge in [0.15, 0.2) is 0 Å². The molecule has 10 nitrogen and oxygen atoms in total. The Balaban J connectivity index is 1.85. The van der Waals surface area contributed by atoms with Crippen molar-refractivity contribution in [1.29, 1.82) is 0 Å². The minimum Gasteiger partial charge on any atom is -0.460 e. The van der Waals surface area contributed by atoms with E-state index in [0.717, 1.165) is 0 Å². The standard InChI is InChI=1S/C16H14N4O6/c1-3-23-15(21)11-17-13(25-19-11)9-6-5-7-10(8-9)14-18-12(20-26-14)16(22)24-4-2/h5-8H,3-4H2,1-2H3. The molecule has 2 heterocycles. The molecule has 3 aromatic rings. The van der Waals surface area contributed by atoms with E-state index in [0.29, 0.717) is 11.1 Å². The average Bonchev–Trinajstić information content (AvgIpc) is 3.32. The summed E-state index contributed by atoms with van der Waals surface area (Å²) in [4.78, 5) is 31.2.